The summed E-state index contributed by atoms with van der Waals surface area (Å²) in [6.45, 7) is 5.05. The van der Waals surface area contributed by atoms with Crippen molar-refractivity contribution in [1.82, 2.24) is 5.32 Å². The van der Waals surface area contributed by atoms with Crippen LogP contribution in [0.15, 0.2) is 0 Å². The molecule has 1 atom stereocenters. The van der Waals surface area contributed by atoms with Gasteiger partial charge in [0.25, 0.3) is 0 Å². The number of hydrogen-bond acceptors (Lipinski definition) is 3. The lowest BCUT2D eigenvalue weighted by Crippen LogP contribution is -2.27. The van der Waals surface area contributed by atoms with Gasteiger partial charge in [0.2, 0.25) is 0 Å². The van der Waals surface area contributed by atoms with Gasteiger partial charge in [0, 0.05) is 12.6 Å². The molecule has 0 rings (SSSR count). The highest BCUT2D eigenvalue weighted by molar-refractivity contribution is 5.85. The van der Waals surface area contributed by atoms with Crippen LogP contribution in [-0.2, 0) is 4.74 Å². The number of halogens is 2. The van der Waals surface area contributed by atoms with Gasteiger partial charge in [0.05, 0.1) is 6.61 Å². The Morgan fingerprint density at radius 2 is 2.07 bits per heavy atom. The summed E-state index contributed by atoms with van der Waals surface area (Å²) in [6.07, 6.45) is 2.43. The number of alkyl carbamates (subject to hydrolysis) is 1. The Hall–Kier alpha value is -0.190. The van der Waals surface area contributed by atoms with Crippen molar-refractivity contribution in [3.63, 3.8) is 0 Å². The molecule has 0 bridgehead atoms. The Balaban J connectivity index is -0.000000720. The molecule has 1 amide bonds. The van der Waals surface area contributed by atoms with Gasteiger partial charge in [-0.2, -0.15) is 0 Å². The topological polar surface area (TPSA) is 64.3 Å². The molecule has 0 aromatic heterocycles. The molecular formula is C9H22Cl2N2O2. The van der Waals surface area contributed by atoms with Crippen molar-refractivity contribution in [3.8, 4) is 0 Å². The van der Waals surface area contributed by atoms with E-state index in [2.05, 4.69) is 12.2 Å². The first-order valence-corrected chi connectivity index (χ1v) is 4.83. The molecule has 94 valence electrons. The number of nitrogens with two attached hydrogens (primary N) is 1. The predicted molar refractivity (Wildman–Crippen MR) is 67.0 cm³/mol. The number of unbranched alkanes of at least 4 members (excludes halogenated alkanes) is 1. The number of carbonyl (C=O) groups is 1. The van der Waals surface area contributed by atoms with E-state index in [1.165, 1.54) is 0 Å². The van der Waals surface area contributed by atoms with Crippen molar-refractivity contribution < 1.29 is 9.53 Å². The van der Waals surface area contributed by atoms with Crippen molar-refractivity contribution >= 4 is 30.9 Å². The average Bonchev–Trinajstić information content (AvgIpc) is 2.04. The number of hydrogen-bond donors (Lipinski definition) is 2. The standard InChI is InChI=1S/C9H20N2O2.2ClH/c1-3-4-6-11-9(12)13-7-5-8(2)10;;/h8H,3-7,10H2,1-2H3,(H,11,12);2*1H. The number of rotatable bonds is 6. The van der Waals surface area contributed by atoms with Gasteiger partial charge in [-0.25, -0.2) is 4.79 Å². The van der Waals surface area contributed by atoms with E-state index in [0.29, 0.717) is 19.6 Å². The minimum absolute atomic E-state index is 0. The SMILES string of the molecule is CCCCNC(=O)OCCC(C)N.Cl.Cl. The van der Waals surface area contributed by atoms with Crippen molar-refractivity contribution in [2.24, 2.45) is 5.73 Å². The zero-order valence-corrected chi connectivity index (χ0v) is 11.0. The van der Waals surface area contributed by atoms with E-state index in [9.17, 15) is 4.79 Å². The first-order chi connectivity index (χ1) is 6.16. The van der Waals surface area contributed by atoms with Gasteiger partial charge in [-0.1, -0.05) is 13.3 Å². The third-order valence-corrected chi connectivity index (χ3v) is 1.61. The lowest BCUT2D eigenvalue weighted by Gasteiger charge is -2.07. The lowest BCUT2D eigenvalue weighted by atomic mass is 10.3. The van der Waals surface area contributed by atoms with Gasteiger partial charge in [0.1, 0.15) is 0 Å². The molecule has 0 aliphatic carbocycles. The maximum atomic E-state index is 10.9. The molecule has 0 aliphatic rings. The molecular weight excluding hydrogens is 239 g/mol. The first-order valence-electron chi connectivity index (χ1n) is 4.83. The molecule has 0 fully saturated rings. The Kier molecular flexibility index (Phi) is 18.6. The van der Waals surface area contributed by atoms with Gasteiger partial charge >= 0.3 is 6.09 Å². The number of nitrogens with one attached hydrogen (secondary N) is 1. The van der Waals surface area contributed by atoms with Gasteiger partial charge in [0.15, 0.2) is 0 Å². The van der Waals surface area contributed by atoms with Crippen LogP contribution in [-0.4, -0.2) is 25.3 Å². The minimum atomic E-state index is -0.339. The summed E-state index contributed by atoms with van der Waals surface area (Å²) in [4.78, 5) is 10.9. The van der Waals surface area contributed by atoms with E-state index < -0.39 is 0 Å². The number of amides is 1. The molecule has 0 aliphatic heterocycles. The molecule has 0 radical (unpaired) electrons. The fourth-order valence-electron chi connectivity index (χ4n) is 0.756. The first kappa shape index (κ1) is 20.3. The summed E-state index contributed by atoms with van der Waals surface area (Å²) in [6, 6.07) is 0.0865. The molecule has 0 heterocycles. The van der Waals surface area contributed by atoms with E-state index in [4.69, 9.17) is 10.5 Å². The fourth-order valence-corrected chi connectivity index (χ4v) is 0.756. The monoisotopic (exact) mass is 260 g/mol. The minimum Gasteiger partial charge on any atom is -0.450 e. The molecule has 0 aromatic rings. The molecule has 15 heavy (non-hydrogen) atoms. The third-order valence-electron chi connectivity index (χ3n) is 1.61. The molecule has 1 unspecified atom stereocenters. The smallest absolute Gasteiger partial charge is 0.407 e. The van der Waals surface area contributed by atoms with Crippen molar-refractivity contribution in [3.05, 3.63) is 0 Å². The molecule has 0 saturated carbocycles. The highest BCUT2D eigenvalue weighted by Crippen LogP contribution is 1.89. The third kappa shape index (κ3) is 16.5. The zero-order valence-electron chi connectivity index (χ0n) is 9.32. The van der Waals surface area contributed by atoms with Crippen LogP contribution in [0.1, 0.15) is 33.1 Å². The summed E-state index contributed by atoms with van der Waals surface area (Å²) in [5.41, 5.74) is 5.49. The quantitative estimate of drug-likeness (QED) is 0.719. The summed E-state index contributed by atoms with van der Waals surface area (Å²) < 4.78 is 4.87. The molecule has 4 nitrogen and oxygen atoms in total. The highest BCUT2D eigenvalue weighted by atomic mass is 35.5. The molecule has 0 spiro atoms. The average molecular weight is 261 g/mol. The van der Waals surface area contributed by atoms with Gasteiger partial charge in [-0.15, -0.1) is 24.8 Å². The normalized spacial score (nSPS) is 10.6. The Morgan fingerprint density at radius 1 is 1.47 bits per heavy atom. The van der Waals surface area contributed by atoms with Crippen LogP contribution >= 0.6 is 24.8 Å². The van der Waals surface area contributed by atoms with Crippen LogP contribution < -0.4 is 11.1 Å². The number of ether oxygens (including phenoxy) is 1. The lowest BCUT2D eigenvalue weighted by molar-refractivity contribution is 0.143. The van der Waals surface area contributed by atoms with E-state index in [-0.39, 0.29) is 36.9 Å². The molecule has 6 heteroatoms. The summed E-state index contributed by atoms with van der Waals surface area (Å²) in [5, 5.41) is 2.66. The van der Waals surface area contributed by atoms with Crippen LogP contribution in [0.4, 0.5) is 4.79 Å². The van der Waals surface area contributed by atoms with Crippen molar-refractivity contribution in [2.75, 3.05) is 13.2 Å². The second-order valence-corrected chi connectivity index (χ2v) is 3.18. The van der Waals surface area contributed by atoms with Gasteiger partial charge in [-0.05, 0) is 19.8 Å². The van der Waals surface area contributed by atoms with Crippen LogP contribution in [0.3, 0.4) is 0 Å². The Bertz CT molecular complexity index is 146. The molecule has 0 aromatic carbocycles. The maximum absolute atomic E-state index is 10.9. The van der Waals surface area contributed by atoms with Crippen LogP contribution in [0.5, 0.6) is 0 Å². The maximum Gasteiger partial charge on any atom is 0.407 e. The van der Waals surface area contributed by atoms with Crippen molar-refractivity contribution in [2.45, 2.75) is 39.2 Å². The Labute approximate surface area is 104 Å². The van der Waals surface area contributed by atoms with Crippen LogP contribution in [0.2, 0.25) is 0 Å². The van der Waals surface area contributed by atoms with Gasteiger partial charge in [-0.3, -0.25) is 0 Å². The van der Waals surface area contributed by atoms with E-state index in [1.54, 1.807) is 0 Å². The van der Waals surface area contributed by atoms with E-state index >= 15 is 0 Å². The van der Waals surface area contributed by atoms with E-state index in [0.717, 1.165) is 12.8 Å². The number of carbonyl (C=O) groups excluding carboxylic acids is 1. The Morgan fingerprint density at radius 3 is 2.53 bits per heavy atom. The molecule has 3 N–H and O–H groups in total. The van der Waals surface area contributed by atoms with Crippen molar-refractivity contribution in [1.29, 1.82) is 0 Å². The largest absolute Gasteiger partial charge is 0.450 e. The fraction of sp³-hybridized carbons (Fsp3) is 0.889. The summed E-state index contributed by atoms with van der Waals surface area (Å²) >= 11 is 0. The van der Waals surface area contributed by atoms with Crippen LogP contribution in [0.25, 0.3) is 0 Å². The zero-order chi connectivity index (χ0) is 10.1. The highest BCUT2D eigenvalue weighted by Gasteiger charge is 2.00. The summed E-state index contributed by atoms with van der Waals surface area (Å²) in [5.74, 6) is 0. The predicted octanol–water partition coefficient (Wildman–Crippen LogP) is 2.09. The molecule has 0 saturated heterocycles. The van der Waals surface area contributed by atoms with Gasteiger partial charge < -0.3 is 15.8 Å². The second-order valence-electron chi connectivity index (χ2n) is 3.18. The summed E-state index contributed by atoms with van der Waals surface area (Å²) in [7, 11) is 0. The second kappa shape index (κ2) is 13.8. The van der Waals surface area contributed by atoms with E-state index in [1.807, 2.05) is 6.92 Å². The van der Waals surface area contributed by atoms with Crippen LogP contribution in [0, 0.1) is 0 Å².